The highest BCUT2D eigenvalue weighted by Gasteiger charge is 2.14. The van der Waals surface area contributed by atoms with E-state index < -0.39 is 0 Å². The van der Waals surface area contributed by atoms with Crippen LogP contribution in [0.15, 0.2) is 12.1 Å². The van der Waals surface area contributed by atoms with Crippen molar-refractivity contribution in [3.63, 3.8) is 0 Å². The number of rotatable bonds is 2. The zero-order valence-electron chi connectivity index (χ0n) is 8.47. The minimum absolute atomic E-state index is 0.492. The molecule has 15 heavy (non-hydrogen) atoms. The molecule has 1 N–H and O–H groups in total. The molecule has 1 aliphatic rings. The van der Waals surface area contributed by atoms with Crippen LogP contribution in [0.2, 0.25) is 10.3 Å². The summed E-state index contributed by atoms with van der Waals surface area (Å²) in [5, 5.41) is 4.34. The normalized spacial score (nSPS) is 18.0. The third kappa shape index (κ3) is 3.33. The lowest BCUT2D eigenvalue weighted by Gasteiger charge is -2.22. The molecule has 2 rings (SSSR count). The lowest BCUT2D eigenvalue weighted by molar-refractivity contribution is 0.372. The molecule has 0 amide bonds. The lowest BCUT2D eigenvalue weighted by atomic mass is 9.91. The van der Waals surface area contributed by atoms with Crippen LogP contribution in [-0.4, -0.2) is 18.1 Å². The second-order valence-electron chi connectivity index (χ2n) is 4.02. The third-order valence-corrected chi connectivity index (χ3v) is 3.19. The first-order chi connectivity index (χ1) is 7.24. The molecule has 0 saturated carbocycles. The third-order valence-electron chi connectivity index (χ3n) is 2.81. The molecular weight excluding hydrogens is 231 g/mol. The zero-order valence-corrected chi connectivity index (χ0v) is 9.98. The van der Waals surface area contributed by atoms with Gasteiger partial charge >= 0.3 is 0 Å². The van der Waals surface area contributed by atoms with Gasteiger partial charge in [0, 0.05) is 0 Å². The molecule has 2 heterocycles. The van der Waals surface area contributed by atoms with Gasteiger partial charge in [-0.2, -0.15) is 0 Å². The predicted molar refractivity (Wildman–Crippen MR) is 63.6 cm³/mol. The van der Waals surface area contributed by atoms with Gasteiger partial charge in [-0.1, -0.05) is 23.2 Å². The predicted octanol–water partition coefficient (Wildman–Crippen LogP) is 2.93. The molecule has 0 bridgehead atoms. The zero-order chi connectivity index (χ0) is 10.7. The highest BCUT2D eigenvalue weighted by Crippen LogP contribution is 2.21. The molecule has 2 nitrogen and oxygen atoms in total. The Morgan fingerprint density at radius 1 is 1.20 bits per heavy atom. The highest BCUT2D eigenvalue weighted by atomic mass is 35.5. The molecule has 0 spiro atoms. The molecule has 0 aliphatic carbocycles. The monoisotopic (exact) mass is 244 g/mol. The Hall–Kier alpha value is -0.310. The summed E-state index contributed by atoms with van der Waals surface area (Å²) in [4.78, 5) is 3.95. The molecule has 1 fully saturated rings. The minimum Gasteiger partial charge on any atom is -0.317 e. The van der Waals surface area contributed by atoms with Crippen LogP contribution in [0.3, 0.4) is 0 Å². The summed E-state index contributed by atoms with van der Waals surface area (Å²) >= 11 is 11.7. The lowest BCUT2D eigenvalue weighted by Crippen LogP contribution is -2.28. The summed E-state index contributed by atoms with van der Waals surface area (Å²) in [6.45, 7) is 2.24. The number of nitrogens with zero attached hydrogens (tertiary/aromatic N) is 1. The number of hydrogen-bond donors (Lipinski definition) is 1. The van der Waals surface area contributed by atoms with Crippen molar-refractivity contribution in [2.24, 2.45) is 5.92 Å². The molecule has 1 aliphatic heterocycles. The van der Waals surface area contributed by atoms with Crippen LogP contribution in [0.1, 0.15) is 18.4 Å². The van der Waals surface area contributed by atoms with E-state index in [9.17, 15) is 0 Å². The average molecular weight is 245 g/mol. The van der Waals surface area contributed by atoms with E-state index in [1.165, 1.54) is 18.4 Å². The van der Waals surface area contributed by atoms with Gasteiger partial charge in [0.2, 0.25) is 0 Å². The van der Waals surface area contributed by atoms with Gasteiger partial charge < -0.3 is 5.32 Å². The Kier molecular flexibility index (Phi) is 3.84. The topological polar surface area (TPSA) is 24.9 Å². The highest BCUT2D eigenvalue weighted by molar-refractivity contribution is 6.32. The van der Waals surface area contributed by atoms with E-state index in [2.05, 4.69) is 10.3 Å². The van der Waals surface area contributed by atoms with Crippen LogP contribution in [0, 0.1) is 5.92 Å². The Morgan fingerprint density at radius 2 is 1.80 bits per heavy atom. The number of halogens is 2. The summed E-state index contributed by atoms with van der Waals surface area (Å²) in [7, 11) is 0. The maximum Gasteiger partial charge on any atom is 0.131 e. The maximum absolute atomic E-state index is 5.86. The van der Waals surface area contributed by atoms with Gasteiger partial charge in [-0.3, -0.25) is 0 Å². The van der Waals surface area contributed by atoms with Gasteiger partial charge in [-0.05, 0) is 56.0 Å². The first-order valence-corrected chi connectivity index (χ1v) is 6.02. The number of nitrogens with one attached hydrogen (secondary N) is 1. The molecule has 0 unspecified atom stereocenters. The Morgan fingerprint density at radius 3 is 2.40 bits per heavy atom. The molecule has 1 aromatic rings. The molecule has 0 atom stereocenters. The number of pyridine rings is 1. The fourth-order valence-electron chi connectivity index (χ4n) is 2.05. The first-order valence-electron chi connectivity index (χ1n) is 5.27. The second-order valence-corrected chi connectivity index (χ2v) is 4.79. The van der Waals surface area contributed by atoms with Crippen LogP contribution in [0.25, 0.3) is 0 Å². The Labute approximate surface area is 100.0 Å². The number of hydrogen-bond acceptors (Lipinski definition) is 2. The summed E-state index contributed by atoms with van der Waals surface area (Å²) < 4.78 is 0. The fourth-order valence-corrected chi connectivity index (χ4v) is 2.56. The van der Waals surface area contributed by atoms with E-state index in [1.54, 1.807) is 0 Å². The SMILES string of the molecule is Clc1cc(CC2CCNCC2)cc(Cl)n1. The Bertz CT molecular complexity index is 315. The summed E-state index contributed by atoms with van der Waals surface area (Å²) in [6.07, 6.45) is 3.53. The van der Waals surface area contributed by atoms with Crippen LogP contribution in [-0.2, 0) is 6.42 Å². The van der Waals surface area contributed by atoms with Gasteiger partial charge in [0.25, 0.3) is 0 Å². The molecular formula is C11H14Cl2N2. The number of aromatic nitrogens is 1. The van der Waals surface area contributed by atoms with Crippen molar-refractivity contribution in [2.75, 3.05) is 13.1 Å². The van der Waals surface area contributed by atoms with Crippen molar-refractivity contribution < 1.29 is 0 Å². The van der Waals surface area contributed by atoms with Gasteiger partial charge in [0.15, 0.2) is 0 Å². The van der Waals surface area contributed by atoms with Gasteiger partial charge in [0.1, 0.15) is 10.3 Å². The molecule has 0 radical (unpaired) electrons. The Balaban J connectivity index is 2.02. The van der Waals surface area contributed by atoms with Gasteiger partial charge in [-0.25, -0.2) is 4.98 Å². The van der Waals surface area contributed by atoms with Crippen molar-refractivity contribution in [3.05, 3.63) is 28.0 Å². The van der Waals surface area contributed by atoms with E-state index in [-0.39, 0.29) is 0 Å². The molecule has 1 aromatic heterocycles. The molecule has 0 aromatic carbocycles. The standard InChI is InChI=1S/C11H14Cl2N2/c12-10-6-9(7-11(13)15-10)5-8-1-3-14-4-2-8/h6-8,14H,1-5H2. The van der Waals surface area contributed by atoms with E-state index >= 15 is 0 Å². The summed E-state index contributed by atoms with van der Waals surface area (Å²) in [6, 6.07) is 3.82. The molecule has 1 saturated heterocycles. The minimum atomic E-state index is 0.492. The summed E-state index contributed by atoms with van der Waals surface area (Å²) in [5.41, 5.74) is 1.20. The second kappa shape index (κ2) is 5.15. The maximum atomic E-state index is 5.86. The number of piperidine rings is 1. The van der Waals surface area contributed by atoms with Crippen molar-refractivity contribution in [1.29, 1.82) is 0 Å². The van der Waals surface area contributed by atoms with Crippen molar-refractivity contribution in [1.82, 2.24) is 10.3 Å². The molecule has 82 valence electrons. The first kappa shape index (κ1) is 11.2. The largest absolute Gasteiger partial charge is 0.317 e. The van der Waals surface area contributed by atoms with Crippen molar-refractivity contribution in [3.8, 4) is 0 Å². The van der Waals surface area contributed by atoms with E-state index in [4.69, 9.17) is 23.2 Å². The van der Waals surface area contributed by atoms with Crippen LogP contribution in [0.5, 0.6) is 0 Å². The van der Waals surface area contributed by atoms with Crippen LogP contribution in [0.4, 0.5) is 0 Å². The van der Waals surface area contributed by atoms with E-state index in [0.717, 1.165) is 25.4 Å². The smallest absolute Gasteiger partial charge is 0.131 e. The van der Waals surface area contributed by atoms with Crippen LogP contribution >= 0.6 is 23.2 Å². The van der Waals surface area contributed by atoms with Crippen LogP contribution < -0.4 is 5.32 Å². The van der Waals surface area contributed by atoms with Gasteiger partial charge in [0.05, 0.1) is 0 Å². The van der Waals surface area contributed by atoms with E-state index in [1.807, 2.05) is 12.1 Å². The van der Waals surface area contributed by atoms with Gasteiger partial charge in [-0.15, -0.1) is 0 Å². The quantitative estimate of drug-likeness (QED) is 0.810. The summed E-state index contributed by atoms with van der Waals surface area (Å²) in [5.74, 6) is 0.751. The van der Waals surface area contributed by atoms with Crippen molar-refractivity contribution >= 4 is 23.2 Å². The fraction of sp³-hybridized carbons (Fsp3) is 0.545. The average Bonchev–Trinajstić information content (AvgIpc) is 2.17. The van der Waals surface area contributed by atoms with E-state index in [0.29, 0.717) is 10.3 Å². The van der Waals surface area contributed by atoms with Crippen molar-refractivity contribution in [2.45, 2.75) is 19.3 Å². The molecule has 4 heteroatoms.